The number of carbonyl (C=O) groups excluding carboxylic acids is 1. The van der Waals surface area contributed by atoms with Crippen molar-refractivity contribution in [3.05, 3.63) is 33.8 Å². The van der Waals surface area contributed by atoms with E-state index in [2.05, 4.69) is 44.0 Å². The Hall–Kier alpha value is -1.69. The van der Waals surface area contributed by atoms with Gasteiger partial charge in [0.15, 0.2) is 5.96 Å². The third-order valence-corrected chi connectivity index (χ3v) is 5.32. The summed E-state index contributed by atoms with van der Waals surface area (Å²) in [7, 11) is 1.72. The smallest absolute Gasteiger partial charge is 0.350 e. The zero-order valence-electron chi connectivity index (χ0n) is 17.9. The number of aliphatic imine (C=N–C) groups is 1. The lowest BCUT2D eigenvalue weighted by atomic mass is 10.2. The van der Waals surface area contributed by atoms with Gasteiger partial charge in [0, 0.05) is 26.0 Å². The van der Waals surface area contributed by atoms with Gasteiger partial charge in [0.05, 0.1) is 24.9 Å². The highest BCUT2D eigenvalue weighted by Gasteiger charge is 2.20. The fourth-order valence-electron chi connectivity index (χ4n) is 2.68. The monoisotopic (exact) mass is 534 g/mol. The number of ether oxygens (including phenoxy) is 1. The molecule has 8 nitrogen and oxygen atoms in total. The van der Waals surface area contributed by atoms with Crippen LogP contribution in [0.25, 0.3) is 0 Å². The number of nitrogens with zero attached hydrogens (tertiary/aromatic N) is 4. The van der Waals surface area contributed by atoms with Crippen molar-refractivity contribution in [2.24, 2.45) is 10.9 Å². The molecule has 162 valence electrons. The average Bonchev–Trinajstić information content (AvgIpc) is 3.24. The van der Waals surface area contributed by atoms with Crippen LogP contribution in [0.1, 0.15) is 59.9 Å². The number of rotatable bonds is 8. The molecule has 10 heteroatoms. The fraction of sp³-hybridized carbons (Fsp3) is 0.579. The third-order valence-electron chi connectivity index (χ3n) is 4.00. The Bertz CT molecular complexity index is 817. The molecule has 2 heterocycles. The van der Waals surface area contributed by atoms with Gasteiger partial charge in [-0.15, -0.1) is 35.3 Å². The van der Waals surface area contributed by atoms with Crippen molar-refractivity contribution in [3.8, 4) is 0 Å². The molecule has 0 bridgehead atoms. The lowest BCUT2D eigenvalue weighted by Crippen LogP contribution is -2.38. The molecule has 0 amide bonds. The highest BCUT2D eigenvalue weighted by Crippen LogP contribution is 2.24. The van der Waals surface area contributed by atoms with Crippen LogP contribution in [-0.2, 0) is 17.8 Å². The average molecular weight is 534 g/mol. The molecule has 0 fully saturated rings. The minimum absolute atomic E-state index is 0. The van der Waals surface area contributed by atoms with E-state index < -0.39 is 0 Å². The zero-order chi connectivity index (χ0) is 20.7. The first kappa shape index (κ1) is 25.3. The van der Waals surface area contributed by atoms with E-state index in [1.165, 1.54) is 11.3 Å². The number of carbonyl (C=O) groups is 1. The molecule has 0 aliphatic heterocycles. The van der Waals surface area contributed by atoms with Crippen molar-refractivity contribution in [3.63, 3.8) is 0 Å². The summed E-state index contributed by atoms with van der Waals surface area (Å²) in [4.78, 5) is 25.8. The Morgan fingerprint density at radius 2 is 2.10 bits per heavy atom. The van der Waals surface area contributed by atoms with Crippen LogP contribution in [0.3, 0.4) is 0 Å². The molecule has 0 radical (unpaired) electrons. The number of halogens is 1. The largest absolute Gasteiger partial charge is 0.462 e. The molecular weight excluding hydrogens is 503 g/mol. The van der Waals surface area contributed by atoms with Crippen molar-refractivity contribution in [1.29, 1.82) is 0 Å². The lowest BCUT2D eigenvalue weighted by Gasteiger charge is -2.17. The van der Waals surface area contributed by atoms with Gasteiger partial charge < -0.3 is 19.9 Å². The zero-order valence-corrected chi connectivity index (χ0v) is 21.0. The summed E-state index contributed by atoms with van der Waals surface area (Å²) in [6, 6.07) is -0.103. The number of aromatic nitrogens is 3. The molecule has 0 aromatic carbocycles. The quantitative estimate of drug-likeness (QED) is 0.233. The van der Waals surface area contributed by atoms with Gasteiger partial charge in [-0.3, -0.25) is 4.99 Å². The molecule has 1 unspecified atom stereocenters. The van der Waals surface area contributed by atoms with Crippen molar-refractivity contribution < 1.29 is 9.53 Å². The first-order chi connectivity index (χ1) is 13.3. The normalized spacial score (nSPS) is 12.4. The predicted octanol–water partition coefficient (Wildman–Crippen LogP) is 3.52. The predicted molar refractivity (Wildman–Crippen MR) is 127 cm³/mol. The molecule has 0 aliphatic carbocycles. The number of aryl methyl sites for hydroxylation is 1. The van der Waals surface area contributed by atoms with Gasteiger partial charge >= 0.3 is 5.97 Å². The van der Waals surface area contributed by atoms with Gasteiger partial charge in [-0.1, -0.05) is 13.8 Å². The lowest BCUT2D eigenvalue weighted by molar-refractivity contribution is 0.0531. The van der Waals surface area contributed by atoms with E-state index in [1.54, 1.807) is 14.0 Å². The Morgan fingerprint density at radius 3 is 2.72 bits per heavy atom. The SMILES string of the molecule is CCOC(=O)c1sc(C(C)NC(=NC)NCc2nccn2CC(C)C)nc1C.I. The number of hydrogen-bond donors (Lipinski definition) is 2. The van der Waals surface area contributed by atoms with E-state index in [1.807, 2.05) is 26.2 Å². The van der Waals surface area contributed by atoms with Crippen molar-refractivity contribution in [2.75, 3.05) is 13.7 Å². The van der Waals surface area contributed by atoms with Crippen molar-refractivity contribution in [1.82, 2.24) is 25.2 Å². The van der Waals surface area contributed by atoms with E-state index in [0.717, 1.165) is 17.4 Å². The molecule has 2 rings (SSSR count). The molecule has 0 spiro atoms. The van der Waals surface area contributed by atoms with E-state index in [0.29, 0.717) is 35.6 Å². The number of nitrogens with one attached hydrogen (secondary N) is 2. The van der Waals surface area contributed by atoms with E-state index in [-0.39, 0.29) is 36.0 Å². The second-order valence-electron chi connectivity index (χ2n) is 6.87. The number of hydrogen-bond acceptors (Lipinski definition) is 6. The van der Waals surface area contributed by atoms with E-state index in [9.17, 15) is 4.79 Å². The molecule has 2 N–H and O–H groups in total. The topological polar surface area (TPSA) is 93.4 Å². The maximum atomic E-state index is 12.0. The van der Waals surface area contributed by atoms with Crippen LogP contribution in [0.15, 0.2) is 17.4 Å². The molecule has 2 aromatic heterocycles. The van der Waals surface area contributed by atoms with Gasteiger partial charge in [0.1, 0.15) is 15.7 Å². The number of thiazole rings is 1. The molecule has 0 saturated heterocycles. The Labute approximate surface area is 193 Å². The Kier molecular flexibility index (Phi) is 10.6. The second-order valence-corrected chi connectivity index (χ2v) is 7.90. The van der Waals surface area contributed by atoms with Gasteiger partial charge in [0.25, 0.3) is 0 Å². The molecule has 0 saturated carbocycles. The summed E-state index contributed by atoms with van der Waals surface area (Å²) < 4.78 is 7.23. The number of guanidine groups is 1. The molecule has 29 heavy (non-hydrogen) atoms. The van der Waals surface area contributed by atoms with Crippen LogP contribution >= 0.6 is 35.3 Å². The van der Waals surface area contributed by atoms with Gasteiger partial charge in [-0.05, 0) is 26.7 Å². The molecular formula is C19H31IN6O2S. The van der Waals surface area contributed by atoms with Crippen LogP contribution in [0.4, 0.5) is 0 Å². The van der Waals surface area contributed by atoms with Crippen molar-refractivity contribution >= 4 is 47.2 Å². The molecule has 0 aliphatic rings. The van der Waals surface area contributed by atoms with Crippen LogP contribution in [-0.4, -0.2) is 40.1 Å². The number of esters is 1. The van der Waals surface area contributed by atoms with Gasteiger partial charge in [-0.2, -0.15) is 0 Å². The summed E-state index contributed by atoms with van der Waals surface area (Å²) in [5.74, 6) is 1.83. The first-order valence-corrected chi connectivity index (χ1v) is 10.3. The fourth-order valence-corrected chi connectivity index (χ4v) is 3.64. The van der Waals surface area contributed by atoms with Crippen LogP contribution in [0.2, 0.25) is 0 Å². The Balaban J connectivity index is 0.00000420. The first-order valence-electron chi connectivity index (χ1n) is 9.47. The number of imidazole rings is 1. The van der Waals surface area contributed by atoms with Gasteiger partial charge in [0.2, 0.25) is 0 Å². The summed E-state index contributed by atoms with van der Waals surface area (Å²) in [6.45, 7) is 11.8. The minimum Gasteiger partial charge on any atom is -0.462 e. The van der Waals surface area contributed by atoms with Crippen LogP contribution < -0.4 is 10.6 Å². The van der Waals surface area contributed by atoms with Gasteiger partial charge in [-0.25, -0.2) is 14.8 Å². The highest BCUT2D eigenvalue weighted by molar-refractivity contribution is 14.0. The minimum atomic E-state index is -0.324. The Morgan fingerprint density at radius 1 is 1.38 bits per heavy atom. The molecule has 2 aromatic rings. The summed E-state index contributed by atoms with van der Waals surface area (Å²) >= 11 is 1.35. The standard InChI is InChI=1S/C19H30N6O2S.HI/c1-7-27-18(26)16-13(4)23-17(28-16)14(5)24-19(20-6)22-10-15-21-8-9-25(15)11-12(2)3;/h8-9,12,14H,7,10-11H2,1-6H3,(H2,20,22,24);1H. The van der Waals surface area contributed by atoms with Crippen molar-refractivity contribution in [2.45, 2.75) is 53.8 Å². The third kappa shape index (κ3) is 7.25. The second kappa shape index (κ2) is 12.1. The van der Waals surface area contributed by atoms with E-state index >= 15 is 0 Å². The maximum absolute atomic E-state index is 12.0. The summed E-state index contributed by atoms with van der Waals surface area (Å²) in [6.07, 6.45) is 3.80. The van der Waals surface area contributed by atoms with Crippen LogP contribution in [0, 0.1) is 12.8 Å². The molecule has 1 atom stereocenters. The maximum Gasteiger partial charge on any atom is 0.350 e. The summed E-state index contributed by atoms with van der Waals surface area (Å²) in [5.41, 5.74) is 0.686. The summed E-state index contributed by atoms with van der Waals surface area (Å²) in [5, 5.41) is 7.42. The highest BCUT2D eigenvalue weighted by atomic mass is 127. The van der Waals surface area contributed by atoms with Crippen LogP contribution in [0.5, 0.6) is 0 Å². The van der Waals surface area contributed by atoms with E-state index in [4.69, 9.17) is 4.74 Å².